The molecule has 0 fully saturated rings. The summed E-state index contributed by atoms with van der Waals surface area (Å²) in [5, 5.41) is 12.9. The normalized spacial score (nSPS) is 13.3. The summed E-state index contributed by atoms with van der Waals surface area (Å²) >= 11 is 0. The van der Waals surface area contributed by atoms with Crippen molar-refractivity contribution < 1.29 is 23.1 Å². The number of fused-ring (bicyclic) bond motifs is 2. The Kier molecular flexibility index (Phi) is 6.95. The Hall–Kier alpha value is -4.66. The van der Waals surface area contributed by atoms with E-state index in [9.17, 15) is 18.3 Å². The smallest absolute Gasteiger partial charge is 0.335 e. The Morgan fingerprint density at radius 3 is 1.95 bits per heavy atom. The molecule has 0 saturated heterocycles. The van der Waals surface area contributed by atoms with Crippen LogP contribution in [-0.4, -0.2) is 41.2 Å². The van der Waals surface area contributed by atoms with Crippen LogP contribution in [0, 0.1) is 0 Å². The summed E-state index contributed by atoms with van der Waals surface area (Å²) in [4.78, 5) is 13.0. The summed E-state index contributed by atoms with van der Waals surface area (Å²) in [6.07, 6.45) is 1.87. The second-order valence-corrected chi connectivity index (χ2v) is 11.7. The third kappa shape index (κ3) is 4.71. The van der Waals surface area contributed by atoms with Crippen LogP contribution in [0.1, 0.15) is 22.6 Å². The van der Waals surface area contributed by atoms with E-state index < -0.39 is 28.0 Å². The van der Waals surface area contributed by atoms with Gasteiger partial charge in [-0.25, -0.2) is 17.2 Å². The van der Waals surface area contributed by atoms with E-state index in [1.165, 1.54) is 17.3 Å². The van der Waals surface area contributed by atoms with E-state index in [2.05, 4.69) is 4.57 Å². The maximum atomic E-state index is 13.8. The molecule has 4 aromatic carbocycles. The van der Waals surface area contributed by atoms with Gasteiger partial charge in [0.15, 0.2) is 6.10 Å². The third-order valence-electron chi connectivity index (χ3n) is 7.45. The number of benzene rings is 4. The van der Waals surface area contributed by atoms with Crippen molar-refractivity contribution in [3.05, 3.63) is 138 Å². The molecule has 1 N–H and O–H groups in total. The number of aliphatic hydroxyl groups excluding tert-OH is 1. The van der Waals surface area contributed by atoms with Gasteiger partial charge in [-0.2, -0.15) is 0 Å². The van der Waals surface area contributed by atoms with Gasteiger partial charge in [-0.05, 0) is 41.0 Å². The van der Waals surface area contributed by atoms with E-state index in [4.69, 9.17) is 4.74 Å². The lowest BCUT2D eigenvalue weighted by Gasteiger charge is -2.21. The van der Waals surface area contributed by atoms with Crippen molar-refractivity contribution in [2.45, 2.75) is 23.5 Å². The van der Waals surface area contributed by atoms with Gasteiger partial charge < -0.3 is 14.4 Å². The topological polar surface area (TPSA) is 90.5 Å². The van der Waals surface area contributed by atoms with Crippen LogP contribution >= 0.6 is 0 Å². The fourth-order valence-corrected chi connectivity index (χ4v) is 6.93. The first-order valence-corrected chi connectivity index (χ1v) is 14.6. The molecule has 41 heavy (non-hydrogen) atoms. The predicted molar refractivity (Wildman–Crippen MR) is 158 cm³/mol. The maximum absolute atomic E-state index is 13.8. The van der Waals surface area contributed by atoms with Gasteiger partial charge in [-0.15, -0.1) is 0 Å². The van der Waals surface area contributed by atoms with Crippen molar-refractivity contribution in [3.8, 4) is 0 Å². The molecule has 0 bridgehead atoms. The number of carbonyl (C=O) groups excluding carboxylic acids is 1. The lowest BCUT2D eigenvalue weighted by atomic mass is 9.86. The van der Waals surface area contributed by atoms with Gasteiger partial charge in [0.2, 0.25) is 0 Å². The maximum Gasteiger partial charge on any atom is 0.335 e. The van der Waals surface area contributed by atoms with Crippen LogP contribution in [0.3, 0.4) is 0 Å². The molecule has 2 atom stereocenters. The van der Waals surface area contributed by atoms with Gasteiger partial charge in [0, 0.05) is 35.2 Å². The highest BCUT2D eigenvalue weighted by atomic mass is 32.2. The van der Waals surface area contributed by atoms with Gasteiger partial charge in [0.1, 0.15) is 0 Å². The number of methoxy groups -OCH3 is 1. The van der Waals surface area contributed by atoms with Crippen molar-refractivity contribution in [1.82, 2.24) is 8.54 Å². The highest BCUT2D eigenvalue weighted by Gasteiger charge is 2.35. The number of esters is 1. The van der Waals surface area contributed by atoms with Gasteiger partial charge in [-0.1, -0.05) is 84.9 Å². The zero-order valence-corrected chi connectivity index (χ0v) is 23.1. The zero-order valence-electron chi connectivity index (χ0n) is 22.3. The second-order valence-electron chi connectivity index (χ2n) is 9.88. The molecule has 206 valence electrons. The first-order valence-electron chi connectivity index (χ1n) is 13.2. The van der Waals surface area contributed by atoms with E-state index in [0.29, 0.717) is 28.6 Å². The minimum Gasteiger partial charge on any atom is -0.467 e. The molecule has 0 saturated carbocycles. The lowest BCUT2D eigenvalue weighted by Crippen LogP contribution is -2.30. The molecule has 2 aromatic heterocycles. The van der Waals surface area contributed by atoms with Gasteiger partial charge >= 0.3 is 5.97 Å². The van der Waals surface area contributed by atoms with Crippen LogP contribution < -0.4 is 0 Å². The monoisotopic (exact) mass is 564 g/mol. The largest absolute Gasteiger partial charge is 0.467 e. The summed E-state index contributed by atoms with van der Waals surface area (Å²) in [7, 11) is -2.75. The Morgan fingerprint density at radius 2 is 1.29 bits per heavy atom. The molecule has 0 radical (unpaired) electrons. The van der Waals surface area contributed by atoms with Gasteiger partial charge in [0.05, 0.1) is 23.4 Å². The number of aromatic nitrogens is 2. The first kappa shape index (κ1) is 26.6. The third-order valence-corrected chi connectivity index (χ3v) is 9.14. The van der Waals surface area contributed by atoms with Crippen molar-refractivity contribution >= 4 is 37.8 Å². The Bertz CT molecular complexity index is 1960. The van der Waals surface area contributed by atoms with Crippen LogP contribution in [0.2, 0.25) is 0 Å². The molecule has 2 heterocycles. The number of para-hydroxylation sites is 2. The number of carbonyl (C=O) groups is 1. The Balaban J connectivity index is 1.60. The number of rotatable bonds is 8. The van der Waals surface area contributed by atoms with Crippen LogP contribution in [0.25, 0.3) is 21.8 Å². The zero-order chi connectivity index (χ0) is 28.6. The predicted octanol–water partition coefficient (Wildman–Crippen LogP) is 5.55. The first-order chi connectivity index (χ1) is 19.9. The molecule has 6 rings (SSSR count). The van der Waals surface area contributed by atoms with Crippen molar-refractivity contribution in [2.24, 2.45) is 0 Å². The van der Waals surface area contributed by atoms with Crippen LogP contribution in [-0.2, 0) is 26.1 Å². The molecule has 6 aromatic rings. The summed E-state index contributed by atoms with van der Waals surface area (Å²) in [6, 6.07) is 33.1. The fraction of sp³-hybridized carbons (Fsp3) is 0.121. The van der Waals surface area contributed by atoms with E-state index in [1.54, 1.807) is 42.5 Å². The number of nitrogens with zero attached hydrogens (tertiary/aromatic N) is 2. The minimum absolute atomic E-state index is 0.136. The van der Waals surface area contributed by atoms with Crippen molar-refractivity contribution in [1.29, 1.82) is 0 Å². The van der Waals surface area contributed by atoms with E-state index in [1.807, 2.05) is 72.9 Å². The van der Waals surface area contributed by atoms with Crippen molar-refractivity contribution in [2.75, 3.05) is 7.11 Å². The van der Waals surface area contributed by atoms with Crippen molar-refractivity contribution in [3.63, 3.8) is 0 Å². The average molecular weight is 565 g/mol. The quantitative estimate of drug-likeness (QED) is 0.245. The van der Waals surface area contributed by atoms with Gasteiger partial charge in [-0.3, -0.25) is 0 Å². The molecule has 0 spiro atoms. The number of hydrogen-bond acceptors (Lipinski definition) is 5. The Labute approximate surface area is 237 Å². The van der Waals surface area contributed by atoms with Crippen LogP contribution in [0.5, 0.6) is 0 Å². The molecule has 0 aliphatic heterocycles. The van der Waals surface area contributed by atoms with E-state index in [-0.39, 0.29) is 4.90 Å². The van der Waals surface area contributed by atoms with Crippen LogP contribution in [0.4, 0.5) is 0 Å². The minimum atomic E-state index is -3.98. The van der Waals surface area contributed by atoms with E-state index >= 15 is 0 Å². The number of aliphatic hydroxyl groups is 1. The second kappa shape index (κ2) is 10.7. The molecular formula is C33H28N2O5S. The molecule has 0 amide bonds. The molecule has 0 unspecified atom stereocenters. The summed E-state index contributed by atoms with van der Waals surface area (Å²) in [6.45, 7) is 0.576. The lowest BCUT2D eigenvalue weighted by molar-refractivity contribution is -0.151. The standard InChI is InChI=1S/C33H28N2O5S/c1-40-33(37)32(36)31(27-21-34(20-23-12-4-2-5-13-23)29-18-10-8-16-25(27)29)28-22-35(30-19-11-9-17-26(28)30)41(38,39)24-14-6-3-7-15-24/h2-19,21-22,31-32,36H,20H2,1H3/t31-,32-/m1/s1. The highest BCUT2D eigenvalue weighted by molar-refractivity contribution is 7.90. The SMILES string of the molecule is COC(=O)[C@H](O)[C@H](c1cn(Cc2ccccc2)c2ccccc12)c1cn(S(=O)(=O)c2ccccc2)c2ccccc12. The highest BCUT2D eigenvalue weighted by Crippen LogP contribution is 2.40. The molecular weight excluding hydrogens is 536 g/mol. The van der Waals surface area contributed by atoms with Crippen LogP contribution in [0.15, 0.2) is 126 Å². The van der Waals surface area contributed by atoms with E-state index in [0.717, 1.165) is 16.5 Å². The summed E-state index contributed by atoms with van der Waals surface area (Å²) in [5.41, 5.74) is 3.65. The molecule has 7 nitrogen and oxygen atoms in total. The Morgan fingerprint density at radius 1 is 0.756 bits per heavy atom. The number of ether oxygens (including phenoxy) is 1. The molecule has 0 aliphatic rings. The molecule has 0 aliphatic carbocycles. The summed E-state index contributed by atoms with van der Waals surface area (Å²) < 4.78 is 35.9. The summed E-state index contributed by atoms with van der Waals surface area (Å²) in [5.74, 6) is -1.72. The number of hydrogen-bond donors (Lipinski definition) is 1. The van der Waals surface area contributed by atoms with Gasteiger partial charge in [0.25, 0.3) is 10.0 Å². The average Bonchev–Trinajstić information content (AvgIpc) is 3.57. The fourth-order valence-electron chi connectivity index (χ4n) is 5.53. The molecule has 8 heteroatoms.